The van der Waals surface area contributed by atoms with Crippen molar-refractivity contribution in [1.82, 2.24) is 20.0 Å². The van der Waals surface area contributed by atoms with Gasteiger partial charge in [0.05, 0.1) is 0 Å². The van der Waals surface area contributed by atoms with Crippen molar-refractivity contribution in [3.8, 4) is 0 Å². The highest BCUT2D eigenvalue weighted by Crippen LogP contribution is 2.30. The van der Waals surface area contributed by atoms with Gasteiger partial charge in [-0.1, -0.05) is 34.1 Å². The van der Waals surface area contributed by atoms with E-state index in [0.717, 1.165) is 36.0 Å². The Bertz CT molecular complexity index is 665. The fourth-order valence-corrected chi connectivity index (χ4v) is 3.62. The van der Waals surface area contributed by atoms with Crippen LogP contribution in [0.15, 0.2) is 47.2 Å². The van der Waals surface area contributed by atoms with Gasteiger partial charge in [-0.2, -0.15) is 5.10 Å². The molecule has 5 nitrogen and oxygen atoms in total. The molecule has 1 fully saturated rings. The number of rotatable bonds is 4. The lowest BCUT2D eigenvalue weighted by Crippen LogP contribution is -2.54. The summed E-state index contributed by atoms with van der Waals surface area (Å²) in [5, 5.41) is 7.71. The third-order valence-electron chi connectivity index (χ3n) is 4.48. The number of hydrogen-bond acceptors (Lipinski definition) is 3. The van der Waals surface area contributed by atoms with E-state index in [9.17, 15) is 4.79 Å². The van der Waals surface area contributed by atoms with Crippen LogP contribution in [0, 0.1) is 0 Å². The minimum absolute atomic E-state index is 0.124. The van der Waals surface area contributed by atoms with Crippen LogP contribution in [0.5, 0.6) is 0 Å². The van der Waals surface area contributed by atoms with Gasteiger partial charge in [-0.25, -0.2) is 0 Å². The van der Waals surface area contributed by atoms with Crippen molar-refractivity contribution < 1.29 is 4.79 Å². The van der Waals surface area contributed by atoms with Crippen LogP contribution in [0.4, 0.5) is 0 Å². The van der Waals surface area contributed by atoms with E-state index in [1.807, 2.05) is 53.2 Å². The summed E-state index contributed by atoms with van der Waals surface area (Å²) in [5.41, 5.74) is 0.526. The van der Waals surface area contributed by atoms with Crippen LogP contribution in [-0.2, 0) is 16.9 Å². The predicted octanol–water partition coefficient (Wildman–Crippen LogP) is 2.38. The van der Waals surface area contributed by atoms with Gasteiger partial charge < -0.3 is 10.2 Å². The maximum atomic E-state index is 13.3. The van der Waals surface area contributed by atoms with Gasteiger partial charge in [-0.3, -0.25) is 9.48 Å². The Morgan fingerprint density at radius 3 is 2.74 bits per heavy atom. The van der Waals surface area contributed by atoms with Crippen LogP contribution in [0.2, 0.25) is 0 Å². The Kier molecular flexibility index (Phi) is 4.82. The zero-order valence-corrected chi connectivity index (χ0v) is 14.8. The monoisotopic (exact) mass is 376 g/mol. The molecule has 23 heavy (non-hydrogen) atoms. The summed E-state index contributed by atoms with van der Waals surface area (Å²) in [6.07, 6.45) is 5.15. The highest BCUT2D eigenvalue weighted by Gasteiger charge is 2.43. The van der Waals surface area contributed by atoms with E-state index in [2.05, 4.69) is 26.3 Å². The minimum Gasteiger partial charge on any atom is -0.339 e. The van der Waals surface area contributed by atoms with Gasteiger partial charge in [0.2, 0.25) is 0 Å². The normalized spacial score (nSPS) is 17.0. The third kappa shape index (κ3) is 3.19. The van der Waals surface area contributed by atoms with E-state index in [0.29, 0.717) is 6.54 Å². The number of hydrogen-bond donors (Lipinski definition) is 1. The number of carbonyl (C=O) groups excluding carboxylic acids is 1. The molecule has 122 valence electrons. The largest absolute Gasteiger partial charge is 0.339 e. The van der Waals surface area contributed by atoms with E-state index >= 15 is 0 Å². The second-order valence-electron chi connectivity index (χ2n) is 5.98. The molecule has 3 rings (SSSR count). The van der Waals surface area contributed by atoms with Crippen LogP contribution in [0.25, 0.3) is 0 Å². The lowest BCUT2D eigenvalue weighted by atomic mass is 9.86. The second-order valence-corrected chi connectivity index (χ2v) is 6.84. The molecule has 1 aliphatic heterocycles. The van der Waals surface area contributed by atoms with Crippen molar-refractivity contribution in [2.24, 2.45) is 0 Å². The molecule has 0 aliphatic carbocycles. The molecule has 0 radical (unpaired) electrons. The first kappa shape index (κ1) is 16.2. The van der Waals surface area contributed by atoms with Gasteiger partial charge in [0.15, 0.2) is 0 Å². The van der Waals surface area contributed by atoms with Gasteiger partial charge in [0.1, 0.15) is 5.54 Å². The highest BCUT2D eigenvalue weighted by atomic mass is 79.9. The SMILES string of the molecule is CN(Cc1ccccc1Br)C(=O)C1(n2cccn2)CCNCC1. The number of amides is 1. The highest BCUT2D eigenvalue weighted by molar-refractivity contribution is 9.10. The van der Waals surface area contributed by atoms with E-state index in [-0.39, 0.29) is 5.91 Å². The molecular formula is C17H21BrN4O. The van der Waals surface area contributed by atoms with Crippen molar-refractivity contribution >= 4 is 21.8 Å². The Hall–Kier alpha value is -1.66. The topological polar surface area (TPSA) is 50.2 Å². The van der Waals surface area contributed by atoms with Crippen LogP contribution in [0.1, 0.15) is 18.4 Å². The van der Waals surface area contributed by atoms with Crippen LogP contribution in [0.3, 0.4) is 0 Å². The summed E-state index contributed by atoms with van der Waals surface area (Å²) < 4.78 is 2.87. The first-order chi connectivity index (χ1) is 11.1. The van der Waals surface area contributed by atoms with Gasteiger partial charge >= 0.3 is 0 Å². The van der Waals surface area contributed by atoms with Crippen molar-refractivity contribution in [3.05, 3.63) is 52.8 Å². The molecule has 1 amide bonds. The molecule has 0 spiro atoms. The molecule has 2 aromatic rings. The Morgan fingerprint density at radius 2 is 2.09 bits per heavy atom. The maximum Gasteiger partial charge on any atom is 0.250 e. The van der Waals surface area contributed by atoms with Crippen LogP contribution >= 0.6 is 15.9 Å². The molecule has 0 atom stereocenters. The zero-order valence-electron chi connectivity index (χ0n) is 13.2. The molecule has 6 heteroatoms. The summed E-state index contributed by atoms with van der Waals surface area (Å²) in [6.45, 7) is 2.24. The van der Waals surface area contributed by atoms with E-state index < -0.39 is 5.54 Å². The smallest absolute Gasteiger partial charge is 0.250 e. The Balaban J connectivity index is 1.85. The average Bonchev–Trinajstić information content (AvgIpc) is 3.12. The first-order valence-electron chi connectivity index (χ1n) is 7.83. The van der Waals surface area contributed by atoms with Crippen molar-refractivity contribution in [2.45, 2.75) is 24.9 Å². The summed E-state index contributed by atoms with van der Waals surface area (Å²) in [6, 6.07) is 9.89. The predicted molar refractivity (Wildman–Crippen MR) is 92.9 cm³/mol. The summed E-state index contributed by atoms with van der Waals surface area (Å²) in [4.78, 5) is 15.1. The number of carbonyl (C=O) groups is 1. The lowest BCUT2D eigenvalue weighted by Gasteiger charge is -2.39. The fourth-order valence-electron chi connectivity index (χ4n) is 3.21. The van der Waals surface area contributed by atoms with Gasteiger partial charge in [0.25, 0.3) is 5.91 Å². The lowest BCUT2D eigenvalue weighted by molar-refractivity contribution is -0.142. The average molecular weight is 377 g/mol. The molecule has 1 aromatic heterocycles. The number of piperidine rings is 1. The van der Waals surface area contributed by atoms with Gasteiger partial charge in [-0.15, -0.1) is 0 Å². The van der Waals surface area contributed by atoms with E-state index in [1.165, 1.54) is 0 Å². The number of halogens is 1. The molecule has 0 bridgehead atoms. The fraction of sp³-hybridized carbons (Fsp3) is 0.412. The number of nitrogens with zero attached hydrogens (tertiary/aromatic N) is 3. The quantitative estimate of drug-likeness (QED) is 0.890. The second kappa shape index (κ2) is 6.84. The first-order valence-corrected chi connectivity index (χ1v) is 8.62. The number of nitrogens with one attached hydrogen (secondary N) is 1. The molecule has 0 saturated carbocycles. The number of benzene rings is 1. The number of aromatic nitrogens is 2. The summed E-state index contributed by atoms with van der Waals surface area (Å²) in [5.74, 6) is 0.124. The summed E-state index contributed by atoms with van der Waals surface area (Å²) >= 11 is 3.56. The van der Waals surface area contributed by atoms with Crippen LogP contribution in [-0.4, -0.2) is 40.7 Å². The Labute approximate surface area is 144 Å². The van der Waals surface area contributed by atoms with Crippen LogP contribution < -0.4 is 5.32 Å². The molecule has 1 saturated heterocycles. The molecule has 0 unspecified atom stereocenters. The van der Waals surface area contributed by atoms with Crippen molar-refractivity contribution in [3.63, 3.8) is 0 Å². The van der Waals surface area contributed by atoms with E-state index in [1.54, 1.807) is 6.20 Å². The maximum absolute atomic E-state index is 13.3. The zero-order chi connectivity index (χ0) is 16.3. The van der Waals surface area contributed by atoms with Gasteiger partial charge in [-0.05, 0) is 43.6 Å². The molecule has 2 heterocycles. The standard InChI is InChI=1S/C17H21BrN4O/c1-21(13-14-5-2-3-6-15(14)18)16(23)17(7-10-19-11-8-17)22-12-4-9-20-22/h2-6,9,12,19H,7-8,10-11,13H2,1H3. The van der Waals surface area contributed by atoms with E-state index in [4.69, 9.17) is 0 Å². The van der Waals surface area contributed by atoms with Crippen molar-refractivity contribution in [2.75, 3.05) is 20.1 Å². The minimum atomic E-state index is -0.579. The third-order valence-corrected chi connectivity index (χ3v) is 5.26. The molecular weight excluding hydrogens is 356 g/mol. The molecule has 1 aromatic carbocycles. The summed E-state index contributed by atoms with van der Waals surface area (Å²) in [7, 11) is 1.87. The van der Waals surface area contributed by atoms with Gasteiger partial charge in [0, 0.05) is 30.5 Å². The molecule has 1 aliphatic rings. The Morgan fingerprint density at radius 1 is 1.35 bits per heavy atom. The van der Waals surface area contributed by atoms with Crippen molar-refractivity contribution in [1.29, 1.82) is 0 Å². The molecule has 1 N–H and O–H groups in total. The number of likely N-dealkylation sites (N-methyl/N-ethyl adjacent to an activating group) is 1.